The van der Waals surface area contributed by atoms with Crippen molar-refractivity contribution in [3.05, 3.63) is 53.3 Å². The van der Waals surface area contributed by atoms with Gasteiger partial charge in [-0.15, -0.1) is 0 Å². The monoisotopic (exact) mass is 499 g/mol. The normalized spacial score (nSPS) is 17.7. The van der Waals surface area contributed by atoms with Crippen LogP contribution in [0.2, 0.25) is 0 Å². The number of aryl methyl sites for hydroxylation is 1. The molecule has 0 unspecified atom stereocenters. The van der Waals surface area contributed by atoms with E-state index in [0.717, 1.165) is 24.8 Å². The maximum Gasteiger partial charge on any atom is 0.243 e. The minimum atomic E-state index is -3.59. The molecule has 2 heterocycles. The van der Waals surface area contributed by atoms with Gasteiger partial charge in [-0.25, -0.2) is 12.8 Å². The lowest BCUT2D eigenvalue weighted by Crippen LogP contribution is -2.49. The molecule has 0 radical (unpaired) electrons. The number of hydrogen-bond donors (Lipinski definition) is 1. The van der Waals surface area contributed by atoms with Gasteiger partial charge in [0, 0.05) is 45.0 Å². The number of halogens is 1. The highest BCUT2D eigenvalue weighted by molar-refractivity contribution is 7.89. The van der Waals surface area contributed by atoms with Crippen LogP contribution >= 0.6 is 0 Å². The highest BCUT2D eigenvalue weighted by Gasteiger charge is 2.27. The van der Waals surface area contributed by atoms with E-state index in [0.29, 0.717) is 50.6 Å². The summed E-state index contributed by atoms with van der Waals surface area (Å²) in [5.41, 5.74) is 2.02. The first-order valence-corrected chi connectivity index (χ1v) is 13.3. The summed E-state index contributed by atoms with van der Waals surface area (Å²) in [5.74, 6) is -0.649. The number of piperidine rings is 1. The third-order valence-electron chi connectivity index (χ3n) is 6.59. The van der Waals surface area contributed by atoms with Crippen molar-refractivity contribution in [3.63, 3.8) is 0 Å². The third kappa shape index (κ3) is 5.81. The van der Waals surface area contributed by atoms with E-state index >= 15 is 0 Å². The fourth-order valence-electron chi connectivity index (χ4n) is 4.52. The lowest BCUT2D eigenvalue weighted by molar-refractivity contribution is -0.117. The Balaban J connectivity index is 1.35. The molecule has 2 aromatic rings. The second kappa shape index (κ2) is 10.7. The molecular formula is C25H30FN5O3S. The van der Waals surface area contributed by atoms with Gasteiger partial charge in [-0.1, -0.05) is 12.5 Å². The van der Waals surface area contributed by atoms with Gasteiger partial charge in [-0.05, 0) is 55.7 Å². The Kier molecular flexibility index (Phi) is 7.69. The number of amides is 1. The van der Waals surface area contributed by atoms with Crippen LogP contribution in [0.4, 0.5) is 15.8 Å². The number of anilines is 2. The predicted octanol–water partition coefficient (Wildman–Crippen LogP) is 2.94. The van der Waals surface area contributed by atoms with E-state index in [1.807, 2.05) is 22.8 Å². The third-order valence-corrected chi connectivity index (χ3v) is 8.49. The first-order chi connectivity index (χ1) is 16.8. The molecule has 0 spiro atoms. The van der Waals surface area contributed by atoms with Gasteiger partial charge in [0.1, 0.15) is 5.82 Å². The minimum Gasteiger partial charge on any atom is -0.367 e. The summed E-state index contributed by atoms with van der Waals surface area (Å²) < 4.78 is 41.9. The molecule has 0 bridgehead atoms. The van der Waals surface area contributed by atoms with Gasteiger partial charge in [0.05, 0.1) is 28.8 Å². The first kappa shape index (κ1) is 25.1. The summed E-state index contributed by atoms with van der Waals surface area (Å²) in [6, 6.07) is 11.2. The Bertz CT molecular complexity index is 1230. The summed E-state index contributed by atoms with van der Waals surface area (Å²) in [6.07, 6.45) is 2.76. The summed E-state index contributed by atoms with van der Waals surface area (Å²) in [7, 11) is -3.59. The highest BCUT2D eigenvalue weighted by Crippen LogP contribution is 2.26. The van der Waals surface area contributed by atoms with Crippen molar-refractivity contribution >= 4 is 27.3 Å². The van der Waals surface area contributed by atoms with Crippen molar-refractivity contribution in [2.75, 3.05) is 56.0 Å². The van der Waals surface area contributed by atoms with E-state index in [9.17, 15) is 17.6 Å². The van der Waals surface area contributed by atoms with Gasteiger partial charge in [-0.2, -0.15) is 9.57 Å². The Morgan fingerprint density at radius 3 is 2.40 bits per heavy atom. The van der Waals surface area contributed by atoms with Crippen LogP contribution < -0.4 is 10.2 Å². The van der Waals surface area contributed by atoms with E-state index in [2.05, 4.69) is 5.32 Å². The zero-order valence-electron chi connectivity index (χ0n) is 19.8. The van der Waals surface area contributed by atoms with Crippen molar-refractivity contribution in [2.45, 2.75) is 31.1 Å². The van der Waals surface area contributed by atoms with Gasteiger partial charge in [0.25, 0.3) is 0 Å². The van der Waals surface area contributed by atoms with Gasteiger partial charge in [0.2, 0.25) is 15.9 Å². The molecule has 4 rings (SSSR count). The predicted molar refractivity (Wildman–Crippen MR) is 132 cm³/mol. The molecule has 0 aliphatic carbocycles. The molecule has 35 heavy (non-hydrogen) atoms. The molecule has 2 saturated heterocycles. The van der Waals surface area contributed by atoms with Gasteiger partial charge < -0.3 is 10.2 Å². The van der Waals surface area contributed by atoms with Crippen molar-refractivity contribution in [3.8, 4) is 6.07 Å². The Labute approximate surface area is 206 Å². The zero-order chi connectivity index (χ0) is 25.0. The number of rotatable bonds is 6. The van der Waals surface area contributed by atoms with Gasteiger partial charge in [-0.3, -0.25) is 9.69 Å². The lowest BCUT2D eigenvalue weighted by Gasteiger charge is -2.35. The zero-order valence-corrected chi connectivity index (χ0v) is 20.7. The molecule has 10 heteroatoms. The number of nitrogens with zero attached hydrogens (tertiary/aromatic N) is 4. The molecule has 2 aromatic carbocycles. The molecule has 2 aliphatic heterocycles. The average Bonchev–Trinajstić information content (AvgIpc) is 2.86. The van der Waals surface area contributed by atoms with Crippen LogP contribution in [-0.2, 0) is 14.8 Å². The van der Waals surface area contributed by atoms with Crippen molar-refractivity contribution in [1.82, 2.24) is 9.21 Å². The second-order valence-corrected chi connectivity index (χ2v) is 11.0. The molecule has 2 fully saturated rings. The van der Waals surface area contributed by atoms with E-state index in [1.54, 1.807) is 30.3 Å². The van der Waals surface area contributed by atoms with Gasteiger partial charge >= 0.3 is 0 Å². The number of carbonyl (C=O) groups is 1. The van der Waals surface area contributed by atoms with Crippen LogP contribution in [0.25, 0.3) is 0 Å². The highest BCUT2D eigenvalue weighted by atomic mass is 32.2. The van der Waals surface area contributed by atoms with Crippen LogP contribution in [0.1, 0.15) is 30.4 Å². The molecular weight excluding hydrogens is 469 g/mol. The fourth-order valence-corrected chi connectivity index (χ4v) is 6.07. The molecule has 8 nitrogen and oxygen atoms in total. The minimum absolute atomic E-state index is 0.159. The number of nitrogens with one attached hydrogen (secondary N) is 1. The molecule has 0 aromatic heterocycles. The smallest absolute Gasteiger partial charge is 0.243 e. The van der Waals surface area contributed by atoms with E-state index in [1.165, 1.54) is 10.4 Å². The number of hydrogen-bond acceptors (Lipinski definition) is 6. The summed E-state index contributed by atoms with van der Waals surface area (Å²) >= 11 is 0. The quantitative estimate of drug-likeness (QED) is 0.657. The number of sulfonamides is 1. The van der Waals surface area contributed by atoms with Gasteiger partial charge in [0.15, 0.2) is 0 Å². The van der Waals surface area contributed by atoms with Crippen LogP contribution in [0.3, 0.4) is 0 Å². The summed E-state index contributed by atoms with van der Waals surface area (Å²) in [4.78, 5) is 16.8. The van der Waals surface area contributed by atoms with E-state index in [-0.39, 0.29) is 22.9 Å². The van der Waals surface area contributed by atoms with Crippen LogP contribution in [0, 0.1) is 24.1 Å². The number of nitriles is 1. The number of benzene rings is 2. The first-order valence-electron chi connectivity index (χ1n) is 11.9. The maximum atomic E-state index is 14.3. The maximum absolute atomic E-state index is 14.3. The largest absolute Gasteiger partial charge is 0.367 e. The lowest BCUT2D eigenvalue weighted by atomic mass is 10.2. The second-order valence-electron chi connectivity index (χ2n) is 9.03. The van der Waals surface area contributed by atoms with Crippen molar-refractivity contribution < 1.29 is 17.6 Å². The molecule has 0 atom stereocenters. The fraction of sp³-hybridized carbons (Fsp3) is 0.440. The van der Waals surface area contributed by atoms with Crippen LogP contribution in [0.5, 0.6) is 0 Å². The number of carbonyl (C=O) groups excluding carboxylic acids is 1. The van der Waals surface area contributed by atoms with Crippen LogP contribution in [-0.4, -0.2) is 69.3 Å². The Morgan fingerprint density at radius 1 is 1.03 bits per heavy atom. The Morgan fingerprint density at radius 2 is 1.74 bits per heavy atom. The molecule has 0 saturated carbocycles. The van der Waals surface area contributed by atoms with Crippen molar-refractivity contribution in [2.24, 2.45) is 0 Å². The summed E-state index contributed by atoms with van der Waals surface area (Å²) in [6.45, 7) is 5.30. The average molecular weight is 500 g/mol. The summed E-state index contributed by atoms with van der Waals surface area (Å²) in [5, 5.41) is 11.8. The molecule has 1 amide bonds. The molecule has 1 N–H and O–H groups in total. The van der Waals surface area contributed by atoms with E-state index < -0.39 is 15.8 Å². The van der Waals surface area contributed by atoms with E-state index in [4.69, 9.17) is 5.26 Å². The standard InChI is InChI=1S/C25H30FN5O3S/c1-19-5-7-21(35(33,34)31-9-3-2-4-10-31)16-23(19)28-25(32)18-29-11-13-30(14-12-29)24-8-6-20(17-27)15-22(24)26/h5-8,15-16H,2-4,9-14,18H2,1H3,(H,28,32). The Hall–Kier alpha value is -3.00. The van der Waals surface area contributed by atoms with Crippen molar-refractivity contribution in [1.29, 1.82) is 5.26 Å². The number of piperazine rings is 1. The van der Waals surface area contributed by atoms with Crippen LogP contribution in [0.15, 0.2) is 41.3 Å². The SMILES string of the molecule is Cc1ccc(S(=O)(=O)N2CCCCC2)cc1NC(=O)CN1CCN(c2ccc(C#N)cc2F)CC1. The topological polar surface area (TPSA) is 96.8 Å². The molecule has 186 valence electrons. The molecule has 2 aliphatic rings.